The van der Waals surface area contributed by atoms with E-state index in [0.717, 1.165) is 18.5 Å². The molecule has 0 aliphatic carbocycles. The Morgan fingerprint density at radius 2 is 2.05 bits per heavy atom. The molecule has 1 aromatic carbocycles. The van der Waals surface area contributed by atoms with Gasteiger partial charge in [-0.2, -0.15) is 0 Å². The summed E-state index contributed by atoms with van der Waals surface area (Å²) in [7, 11) is 2.19. The highest BCUT2D eigenvalue weighted by atomic mass is 32.1. The number of rotatable bonds is 3. The standard InChI is InChI=1S/C14H20N4S/c1-17-6-8-18(9-7-17)5-4-11-2-3-12-13(10-11)19-14(15)16-12/h2-3,10H,4-9H2,1H3,(H2,15,16). The molecule has 1 aromatic heterocycles. The van der Waals surface area contributed by atoms with Gasteiger partial charge in [-0.15, -0.1) is 0 Å². The van der Waals surface area contributed by atoms with Gasteiger partial charge >= 0.3 is 0 Å². The molecule has 5 heteroatoms. The Morgan fingerprint density at radius 3 is 2.84 bits per heavy atom. The molecule has 2 aromatic rings. The van der Waals surface area contributed by atoms with Crippen LogP contribution in [0.3, 0.4) is 0 Å². The van der Waals surface area contributed by atoms with E-state index in [1.807, 2.05) is 0 Å². The van der Waals surface area contributed by atoms with Crippen molar-refractivity contribution in [2.24, 2.45) is 0 Å². The molecule has 0 saturated carbocycles. The third kappa shape index (κ3) is 3.05. The summed E-state index contributed by atoms with van der Waals surface area (Å²) in [4.78, 5) is 9.23. The van der Waals surface area contributed by atoms with Crippen LogP contribution in [0.1, 0.15) is 5.56 Å². The van der Waals surface area contributed by atoms with Crippen molar-refractivity contribution in [1.29, 1.82) is 0 Å². The molecule has 0 amide bonds. The van der Waals surface area contributed by atoms with Gasteiger partial charge in [0.1, 0.15) is 0 Å². The molecule has 1 aliphatic heterocycles. The van der Waals surface area contributed by atoms with Gasteiger partial charge in [-0.3, -0.25) is 0 Å². The van der Waals surface area contributed by atoms with Gasteiger partial charge in [-0.05, 0) is 31.2 Å². The summed E-state index contributed by atoms with van der Waals surface area (Å²) >= 11 is 1.57. The van der Waals surface area contributed by atoms with Gasteiger partial charge in [0, 0.05) is 32.7 Å². The Bertz CT molecular complexity index is 558. The van der Waals surface area contributed by atoms with Crippen LogP contribution in [0.4, 0.5) is 5.13 Å². The molecule has 1 saturated heterocycles. The summed E-state index contributed by atoms with van der Waals surface area (Å²) in [6.07, 6.45) is 1.11. The predicted molar refractivity (Wildman–Crippen MR) is 81.7 cm³/mol. The van der Waals surface area contributed by atoms with Crippen LogP contribution >= 0.6 is 11.3 Å². The van der Waals surface area contributed by atoms with Crippen LogP contribution < -0.4 is 5.73 Å². The van der Waals surface area contributed by atoms with Crippen molar-refractivity contribution in [3.05, 3.63) is 23.8 Å². The van der Waals surface area contributed by atoms with Gasteiger partial charge < -0.3 is 15.5 Å². The monoisotopic (exact) mass is 276 g/mol. The number of anilines is 1. The SMILES string of the molecule is CN1CCN(CCc2ccc3nc(N)sc3c2)CC1. The lowest BCUT2D eigenvalue weighted by Gasteiger charge is -2.32. The van der Waals surface area contributed by atoms with Crippen LogP contribution in [-0.4, -0.2) is 54.6 Å². The summed E-state index contributed by atoms with van der Waals surface area (Å²) in [5.41, 5.74) is 8.14. The van der Waals surface area contributed by atoms with Crippen LogP contribution in [0, 0.1) is 0 Å². The zero-order chi connectivity index (χ0) is 13.2. The number of hydrogen-bond acceptors (Lipinski definition) is 5. The average molecular weight is 276 g/mol. The summed E-state index contributed by atoms with van der Waals surface area (Å²) in [6.45, 7) is 5.89. The number of benzene rings is 1. The number of likely N-dealkylation sites (N-methyl/N-ethyl adjacent to an activating group) is 1. The fourth-order valence-corrected chi connectivity index (χ4v) is 3.30. The first-order valence-corrected chi connectivity index (χ1v) is 7.58. The largest absolute Gasteiger partial charge is 0.375 e. The third-order valence-corrected chi connectivity index (χ3v) is 4.63. The number of piperazine rings is 1. The van der Waals surface area contributed by atoms with Crippen molar-refractivity contribution in [1.82, 2.24) is 14.8 Å². The quantitative estimate of drug-likeness (QED) is 0.926. The van der Waals surface area contributed by atoms with Crippen LogP contribution in [-0.2, 0) is 6.42 Å². The van der Waals surface area contributed by atoms with Crippen LogP contribution in [0.15, 0.2) is 18.2 Å². The van der Waals surface area contributed by atoms with Crippen molar-refractivity contribution < 1.29 is 0 Å². The minimum absolute atomic E-state index is 0.659. The lowest BCUT2D eigenvalue weighted by Crippen LogP contribution is -2.45. The first-order valence-electron chi connectivity index (χ1n) is 6.76. The topological polar surface area (TPSA) is 45.4 Å². The molecule has 0 bridgehead atoms. The van der Waals surface area contributed by atoms with E-state index in [1.54, 1.807) is 11.3 Å². The van der Waals surface area contributed by atoms with E-state index in [1.165, 1.54) is 36.4 Å². The molecule has 2 N–H and O–H groups in total. The molecule has 0 radical (unpaired) electrons. The van der Waals surface area contributed by atoms with E-state index in [4.69, 9.17) is 5.73 Å². The van der Waals surface area contributed by atoms with Gasteiger partial charge in [-0.25, -0.2) is 4.98 Å². The first-order chi connectivity index (χ1) is 9.20. The summed E-state index contributed by atoms with van der Waals surface area (Å²) in [6, 6.07) is 6.50. The molecule has 102 valence electrons. The van der Waals surface area contributed by atoms with Gasteiger partial charge in [0.25, 0.3) is 0 Å². The fraction of sp³-hybridized carbons (Fsp3) is 0.500. The van der Waals surface area contributed by atoms with E-state index < -0.39 is 0 Å². The van der Waals surface area contributed by atoms with Crippen LogP contribution in [0.5, 0.6) is 0 Å². The number of nitrogens with two attached hydrogens (primary N) is 1. The van der Waals surface area contributed by atoms with Crippen LogP contribution in [0.2, 0.25) is 0 Å². The van der Waals surface area contributed by atoms with Gasteiger partial charge in [0.2, 0.25) is 0 Å². The van der Waals surface area contributed by atoms with E-state index in [9.17, 15) is 0 Å². The highest BCUT2D eigenvalue weighted by Crippen LogP contribution is 2.24. The smallest absolute Gasteiger partial charge is 0.181 e. The minimum atomic E-state index is 0.659. The normalized spacial score (nSPS) is 18.2. The number of hydrogen-bond donors (Lipinski definition) is 1. The molecular formula is C14H20N4S. The average Bonchev–Trinajstić information content (AvgIpc) is 2.77. The Morgan fingerprint density at radius 1 is 1.26 bits per heavy atom. The van der Waals surface area contributed by atoms with Gasteiger partial charge in [0.15, 0.2) is 5.13 Å². The van der Waals surface area contributed by atoms with Gasteiger partial charge in [0.05, 0.1) is 10.2 Å². The Hall–Kier alpha value is -1.17. The maximum atomic E-state index is 5.74. The molecule has 0 spiro atoms. The Balaban J connectivity index is 1.61. The number of aromatic nitrogens is 1. The summed E-state index contributed by atoms with van der Waals surface area (Å²) in [5.74, 6) is 0. The van der Waals surface area contributed by atoms with Crippen molar-refractivity contribution >= 4 is 26.7 Å². The van der Waals surface area contributed by atoms with Gasteiger partial charge in [-0.1, -0.05) is 17.4 Å². The van der Waals surface area contributed by atoms with Crippen molar-refractivity contribution in [3.8, 4) is 0 Å². The van der Waals surface area contributed by atoms with Crippen LogP contribution in [0.25, 0.3) is 10.2 Å². The molecular weight excluding hydrogens is 256 g/mol. The predicted octanol–water partition coefficient (Wildman–Crippen LogP) is 1.67. The maximum absolute atomic E-state index is 5.74. The molecule has 4 nitrogen and oxygen atoms in total. The zero-order valence-corrected chi connectivity index (χ0v) is 12.1. The van der Waals surface area contributed by atoms with Crippen molar-refractivity contribution in [3.63, 3.8) is 0 Å². The molecule has 3 rings (SSSR count). The van der Waals surface area contributed by atoms with E-state index in [0.29, 0.717) is 5.13 Å². The summed E-state index contributed by atoms with van der Waals surface area (Å²) in [5, 5.41) is 0.659. The maximum Gasteiger partial charge on any atom is 0.181 e. The zero-order valence-electron chi connectivity index (χ0n) is 11.3. The number of thiazole rings is 1. The third-order valence-electron chi connectivity index (χ3n) is 3.78. The molecule has 1 aliphatic rings. The lowest BCUT2D eigenvalue weighted by molar-refractivity contribution is 0.155. The van der Waals surface area contributed by atoms with Crippen molar-refractivity contribution in [2.45, 2.75) is 6.42 Å². The van der Waals surface area contributed by atoms with E-state index in [2.05, 4.69) is 40.0 Å². The lowest BCUT2D eigenvalue weighted by atomic mass is 10.1. The number of nitrogens with zero attached hydrogens (tertiary/aromatic N) is 3. The minimum Gasteiger partial charge on any atom is -0.375 e. The van der Waals surface area contributed by atoms with E-state index in [-0.39, 0.29) is 0 Å². The molecule has 1 fully saturated rings. The number of nitrogen functional groups attached to an aromatic ring is 1. The Labute approximate surface area is 117 Å². The molecule has 0 atom stereocenters. The molecule has 19 heavy (non-hydrogen) atoms. The highest BCUT2D eigenvalue weighted by molar-refractivity contribution is 7.22. The summed E-state index contributed by atoms with van der Waals surface area (Å²) < 4.78 is 1.20. The second-order valence-electron chi connectivity index (χ2n) is 5.25. The fourth-order valence-electron chi connectivity index (χ4n) is 2.50. The highest BCUT2D eigenvalue weighted by Gasteiger charge is 2.13. The molecule has 2 heterocycles. The second-order valence-corrected chi connectivity index (χ2v) is 6.31. The van der Waals surface area contributed by atoms with E-state index >= 15 is 0 Å². The first kappa shape index (κ1) is 12.8. The molecule has 0 unspecified atom stereocenters. The van der Waals surface area contributed by atoms with Crippen molar-refractivity contribution in [2.75, 3.05) is 45.5 Å². The number of fused-ring (bicyclic) bond motifs is 1. The second kappa shape index (κ2) is 5.45. The Kier molecular flexibility index (Phi) is 3.68.